The van der Waals surface area contributed by atoms with Crippen molar-refractivity contribution in [3.8, 4) is 5.88 Å². The molecule has 0 bridgehead atoms. The van der Waals surface area contributed by atoms with Crippen LogP contribution in [0, 0.1) is 0 Å². The minimum absolute atomic E-state index is 0.173. The minimum Gasteiger partial charge on any atom is -0.471 e. The van der Waals surface area contributed by atoms with Crippen LogP contribution in [-0.2, 0) is 0 Å². The summed E-state index contributed by atoms with van der Waals surface area (Å²) in [6, 6.07) is 4.68. The van der Waals surface area contributed by atoms with Gasteiger partial charge >= 0.3 is 0 Å². The third-order valence-electron chi connectivity index (χ3n) is 1.69. The van der Waals surface area contributed by atoms with E-state index in [1.54, 1.807) is 19.1 Å². The maximum atomic E-state index is 12.5. The number of pyridine rings is 1. The molecule has 0 aromatic carbocycles. The fraction of sp³-hybridized carbons (Fsp3) is 0.500. The first-order chi connectivity index (χ1) is 6.88. The molecule has 0 saturated carbocycles. The molecule has 0 spiro atoms. The predicted octanol–water partition coefficient (Wildman–Crippen LogP) is 2.14. The summed E-state index contributed by atoms with van der Waals surface area (Å²) in [4.78, 5) is 3.99. The highest BCUT2D eigenvalue weighted by molar-refractivity contribution is 5.17. The van der Waals surface area contributed by atoms with Crippen LogP contribution in [0.1, 0.15) is 25.6 Å². The quantitative estimate of drug-likeness (QED) is 0.838. The summed E-state index contributed by atoms with van der Waals surface area (Å²) in [5.74, 6) is -2.68. The molecule has 0 radical (unpaired) electrons. The highest BCUT2D eigenvalue weighted by Crippen LogP contribution is 2.16. The second kappa shape index (κ2) is 4.53. The molecule has 0 saturated heterocycles. The number of alkyl halides is 2. The van der Waals surface area contributed by atoms with Crippen LogP contribution in [0.25, 0.3) is 0 Å². The minimum atomic E-state index is -2.86. The van der Waals surface area contributed by atoms with E-state index in [4.69, 9.17) is 10.5 Å². The van der Waals surface area contributed by atoms with Crippen LogP contribution >= 0.6 is 0 Å². The number of nitrogens with two attached hydrogens (primary N) is 1. The first-order valence-electron chi connectivity index (χ1n) is 4.61. The number of rotatable bonds is 4. The van der Waals surface area contributed by atoms with E-state index >= 15 is 0 Å². The Morgan fingerprint density at radius 1 is 1.53 bits per heavy atom. The molecule has 0 amide bonds. The fourth-order valence-electron chi connectivity index (χ4n) is 0.965. The van der Waals surface area contributed by atoms with Gasteiger partial charge in [-0.15, -0.1) is 0 Å². The monoisotopic (exact) mass is 216 g/mol. The summed E-state index contributed by atoms with van der Waals surface area (Å²) >= 11 is 0. The molecule has 0 aliphatic heterocycles. The zero-order valence-corrected chi connectivity index (χ0v) is 8.71. The van der Waals surface area contributed by atoms with Crippen molar-refractivity contribution in [3.63, 3.8) is 0 Å². The Bertz CT molecular complexity index is 323. The third-order valence-corrected chi connectivity index (χ3v) is 1.69. The van der Waals surface area contributed by atoms with E-state index in [2.05, 4.69) is 4.98 Å². The molecule has 1 heterocycles. The zero-order valence-electron chi connectivity index (χ0n) is 8.71. The van der Waals surface area contributed by atoms with Crippen molar-refractivity contribution < 1.29 is 13.5 Å². The van der Waals surface area contributed by atoms with Gasteiger partial charge in [0.2, 0.25) is 5.88 Å². The molecule has 0 fully saturated rings. The molecule has 0 aliphatic carbocycles. The van der Waals surface area contributed by atoms with E-state index in [-0.39, 0.29) is 11.9 Å². The third kappa shape index (κ3) is 4.20. The van der Waals surface area contributed by atoms with E-state index in [1.807, 2.05) is 0 Å². The van der Waals surface area contributed by atoms with Gasteiger partial charge in [-0.25, -0.2) is 13.8 Å². The summed E-state index contributed by atoms with van der Waals surface area (Å²) in [7, 11) is 0. The van der Waals surface area contributed by atoms with Crippen LogP contribution < -0.4 is 10.5 Å². The van der Waals surface area contributed by atoms with E-state index in [0.29, 0.717) is 5.69 Å². The maximum absolute atomic E-state index is 12.5. The molecule has 3 nitrogen and oxygen atoms in total. The van der Waals surface area contributed by atoms with E-state index < -0.39 is 12.5 Å². The Hall–Kier alpha value is -1.23. The van der Waals surface area contributed by atoms with Gasteiger partial charge in [-0.05, 0) is 13.0 Å². The SMILES string of the molecule is CC(N)c1cccc(OCC(C)(F)F)n1. The molecule has 0 aliphatic rings. The van der Waals surface area contributed by atoms with Gasteiger partial charge in [0.15, 0.2) is 6.61 Å². The summed E-state index contributed by atoms with van der Waals surface area (Å²) in [5, 5.41) is 0. The fourth-order valence-corrected chi connectivity index (χ4v) is 0.965. The summed E-state index contributed by atoms with van der Waals surface area (Å²) in [5.41, 5.74) is 6.22. The molecule has 15 heavy (non-hydrogen) atoms. The Morgan fingerprint density at radius 2 is 2.20 bits per heavy atom. The lowest BCUT2D eigenvalue weighted by atomic mass is 10.2. The number of halogens is 2. The first kappa shape index (κ1) is 11.8. The molecule has 84 valence electrons. The highest BCUT2D eigenvalue weighted by Gasteiger charge is 2.22. The molecule has 2 N–H and O–H groups in total. The highest BCUT2D eigenvalue weighted by atomic mass is 19.3. The average Bonchev–Trinajstić information content (AvgIpc) is 2.14. The second-order valence-electron chi connectivity index (χ2n) is 3.55. The number of hydrogen-bond acceptors (Lipinski definition) is 3. The first-order valence-corrected chi connectivity index (χ1v) is 4.61. The maximum Gasteiger partial charge on any atom is 0.278 e. The van der Waals surface area contributed by atoms with Gasteiger partial charge in [0.05, 0.1) is 5.69 Å². The van der Waals surface area contributed by atoms with Crippen LogP contribution in [0.2, 0.25) is 0 Å². The lowest BCUT2D eigenvalue weighted by Gasteiger charge is -2.12. The largest absolute Gasteiger partial charge is 0.471 e. The Labute approximate surface area is 87.3 Å². The standard InChI is InChI=1S/C10H14F2N2O/c1-7(13)8-4-3-5-9(14-8)15-6-10(2,11)12/h3-5,7H,6,13H2,1-2H3. The molecule has 1 atom stereocenters. The van der Waals surface area contributed by atoms with Gasteiger partial charge in [-0.3, -0.25) is 0 Å². The van der Waals surface area contributed by atoms with Crippen LogP contribution in [0.5, 0.6) is 5.88 Å². The van der Waals surface area contributed by atoms with Crippen molar-refractivity contribution in [2.24, 2.45) is 5.73 Å². The van der Waals surface area contributed by atoms with Gasteiger partial charge in [-0.1, -0.05) is 6.07 Å². The molecule has 1 unspecified atom stereocenters. The molecule has 5 heteroatoms. The van der Waals surface area contributed by atoms with E-state index in [0.717, 1.165) is 6.92 Å². The van der Waals surface area contributed by atoms with Gasteiger partial charge < -0.3 is 10.5 Å². The van der Waals surface area contributed by atoms with Gasteiger partial charge in [0.25, 0.3) is 5.92 Å². The molecule has 1 aromatic rings. The summed E-state index contributed by atoms with van der Waals surface area (Å²) < 4.78 is 29.8. The lowest BCUT2D eigenvalue weighted by molar-refractivity contribution is -0.0243. The summed E-state index contributed by atoms with van der Waals surface area (Å²) in [6.45, 7) is 1.88. The van der Waals surface area contributed by atoms with Crippen molar-refractivity contribution in [2.75, 3.05) is 6.61 Å². The van der Waals surface area contributed by atoms with Crippen molar-refractivity contribution in [3.05, 3.63) is 23.9 Å². The number of ether oxygens (including phenoxy) is 1. The van der Waals surface area contributed by atoms with Gasteiger partial charge in [0.1, 0.15) is 0 Å². The van der Waals surface area contributed by atoms with Crippen molar-refractivity contribution >= 4 is 0 Å². The van der Waals surface area contributed by atoms with Crippen molar-refractivity contribution in [2.45, 2.75) is 25.8 Å². The topological polar surface area (TPSA) is 48.1 Å². The van der Waals surface area contributed by atoms with Crippen molar-refractivity contribution in [1.82, 2.24) is 4.98 Å². The lowest BCUT2D eigenvalue weighted by Crippen LogP contribution is -2.21. The number of nitrogens with zero attached hydrogens (tertiary/aromatic N) is 1. The smallest absolute Gasteiger partial charge is 0.278 e. The Balaban J connectivity index is 2.66. The number of hydrogen-bond donors (Lipinski definition) is 1. The van der Waals surface area contributed by atoms with Gasteiger partial charge in [-0.2, -0.15) is 0 Å². The van der Waals surface area contributed by atoms with Crippen LogP contribution in [0.4, 0.5) is 8.78 Å². The van der Waals surface area contributed by atoms with Crippen LogP contribution in [0.3, 0.4) is 0 Å². The van der Waals surface area contributed by atoms with E-state index in [9.17, 15) is 8.78 Å². The Morgan fingerprint density at radius 3 is 2.73 bits per heavy atom. The molecule has 1 aromatic heterocycles. The second-order valence-corrected chi connectivity index (χ2v) is 3.55. The average molecular weight is 216 g/mol. The normalized spacial score (nSPS) is 13.7. The van der Waals surface area contributed by atoms with Crippen LogP contribution in [-0.4, -0.2) is 17.5 Å². The van der Waals surface area contributed by atoms with Gasteiger partial charge in [0, 0.05) is 19.0 Å². The molecule has 1 rings (SSSR count). The van der Waals surface area contributed by atoms with Crippen LogP contribution in [0.15, 0.2) is 18.2 Å². The predicted molar refractivity (Wildman–Crippen MR) is 53.0 cm³/mol. The van der Waals surface area contributed by atoms with E-state index in [1.165, 1.54) is 6.07 Å². The molecular formula is C10H14F2N2O. The molecular weight excluding hydrogens is 202 g/mol. The summed E-state index contributed by atoms with van der Waals surface area (Å²) in [6.07, 6.45) is 0. The number of aromatic nitrogens is 1. The zero-order chi connectivity index (χ0) is 11.5. The van der Waals surface area contributed by atoms with Crippen molar-refractivity contribution in [1.29, 1.82) is 0 Å². The Kier molecular flexibility index (Phi) is 3.57.